The van der Waals surface area contributed by atoms with E-state index in [0.717, 1.165) is 17.5 Å². The fraction of sp³-hybridized carbons (Fsp3) is 0.200. The predicted octanol–water partition coefficient (Wildman–Crippen LogP) is 3.05. The Kier molecular flexibility index (Phi) is 4.76. The number of carbonyl (C=O) groups excluding carboxylic acids is 1. The highest BCUT2D eigenvalue weighted by molar-refractivity contribution is 6.13. The van der Waals surface area contributed by atoms with Gasteiger partial charge in [-0.3, -0.25) is 14.8 Å². The van der Waals surface area contributed by atoms with E-state index in [4.69, 9.17) is 5.11 Å². The minimum Gasteiger partial charge on any atom is -0.465 e. The predicted molar refractivity (Wildman–Crippen MR) is 106 cm³/mol. The van der Waals surface area contributed by atoms with Crippen LogP contribution in [-0.4, -0.2) is 51.1 Å². The van der Waals surface area contributed by atoms with E-state index in [0.29, 0.717) is 29.9 Å². The molecule has 3 aromatic rings. The fourth-order valence-corrected chi connectivity index (χ4v) is 3.39. The Bertz CT molecular complexity index is 1020. The molecular weight excluding hydrogens is 358 g/mol. The van der Waals surface area contributed by atoms with Crippen molar-refractivity contribution in [3.05, 3.63) is 60.6 Å². The normalized spacial score (nSPS) is 16.1. The van der Waals surface area contributed by atoms with Crippen molar-refractivity contribution >= 4 is 34.3 Å². The van der Waals surface area contributed by atoms with Crippen molar-refractivity contribution in [2.24, 2.45) is 0 Å². The first-order valence-electron chi connectivity index (χ1n) is 8.95. The highest BCUT2D eigenvalue weighted by Gasteiger charge is 2.26. The number of rotatable bonds is 4. The molecule has 28 heavy (non-hydrogen) atoms. The van der Waals surface area contributed by atoms with E-state index in [1.807, 2.05) is 18.2 Å². The number of benzene rings is 1. The van der Waals surface area contributed by atoms with E-state index in [2.05, 4.69) is 20.6 Å². The average Bonchev–Trinajstić information content (AvgIpc) is 3.18. The maximum Gasteiger partial charge on any atom is 0.407 e. The zero-order chi connectivity index (χ0) is 19.5. The van der Waals surface area contributed by atoms with Crippen molar-refractivity contribution in [1.82, 2.24) is 14.9 Å². The number of hydrogen-bond acceptors (Lipinski definition) is 5. The Balaban J connectivity index is 1.60. The van der Waals surface area contributed by atoms with Crippen LogP contribution >= 0.6 is 0 Å². The second-order valence-electron chi connectivity index (χ2n) is 6.61. The SMILES string of the molecule is O=C(Nc1ccncc1)c1ccc(N[C@H]2CCN(C(=O)O)C2)c2cccnc12. The highest BCUT2D eigenvalue weighted by atomic mass is 16.4. The van der Waals surface area contributed by atoms with Crippen LogP contribution in [0.1, 0.15) is 16.8 Å². The lowest BCUT2D eigenvalue weighted by atomic mass is 10.1. The monoisotopic (exact) mass is 377 g/mol. The van der Waals surface area contributed by atoms with Gasteiger partial charge in [-0.25, -0.2) is 4.79 Å². The summed E-state index contributed by atoms with van der Waals surface area (Å²) >= 11 is 0. The molecule has 1 atom stereocenters. The number of nitrogens with zero attached hydrogens (tertiary/aromatic N) is 3. The van der Waals surface area contributed by atoms with Gasteiger partial charge in [0.05, 0.1) is 11.1 Å². The fourth-order valence-electron chi connectivity index (χ4n) is 3.39. The van der Waals surface area contributed by atoms with Gasteiger partial charge in [0.25, 0.3) is 5.91 Å². The van der Waals surface area contributed by atoms with Crippen molar-refractivity contribution in [2.45, 2.75) is 12.5 Å². The molecule has 0 unspecified atom stereocenters. The van der Waals surface area contributed by atoms with Crippen LogP contribution in [0.4, 0.5) is 16.2 Å². The summed E-state index contributed by atoms with van der Waals surface area (Å²) in [7, 11) is 0. The molecule has 0 radical (unpaired) electrons. The van der Waals surface area contributed by atoms with Crippen molar-refractivity contribution in [3.8, 4) is 0 Å². The topological polar surface area (TPSA) is 107 Å². The Labute approximate surface area is 161 Å². The second-order valence-corrected chi connectivity index (χ2v) is 6.61. The Morgan fingerprint density at radius 1 is 1.11 bits per heavy atom. The van der Waals surface area contributed by atoms with Gasteiger partial charge in [-0.15, -0.1) is 0 Å². The zero-order valence-electron chi connectivity index (χ0n) is 15.0. The summed E-state index contributed by atoms with van der Waals surface area (Å²) in [5, 5.41) is 16.2. The lowest BCUT2D eigenvalue weighted by Crippen LogP contribution is -2.30. The third-order valence-corrected chi connectivity index (χ3v) is 4.77. The standard InChI is InChI=1S/C20H19N5O3/c26-19(24-13-5-9-21-10-6-13)16-3-4-17(15-2-1-8-22-18(15)16)23-14-7-11-25(12-14)20(27)28/h1-6,8-10,14,23H,7,11-12H2,(H,27,28)(H,21,24,26)/t14-/m0/s1. The van der Waals surface area contributed by atoms with Gasteiger partial charge in [-0.2, -0.15) is 0 Å². The molecule has 0 spiro atoms. The van der Waals surface area contributed by atoms with Crippen molar-refractivity contribution < 1.29 is 14.7 Å². The maximum absolute atomic E-state index is 12.7. The van der Waals surface area contributed by atoms with E-state index >= 15 is 0 Å². The molecule has 0 bridgehead atoms. The molecule has 1 saturated heterocycles. The molecule has 142 valence electrons. The Morgan fingerprint density at radius 2 is 1.93 bits per heavy atom. The summed E-state index contributed by atoms with van der Waals surface area (Å²) in [5.41, 5.74) is 2.55. The molecule has 2 amide bonds. The number of nitrogens with one attached hydrogen (secondary N) is 2. The summed E-state index contributed by atoms with van der Waals surface area (Å²) in [4.78, 5) is 33.6. The van der Waals surface area contributed by atoms with Gasteiger partial charge in [0.15, 0.2) is 0 Å². The van der Waals surface area contributed by atoms with Crippen LogP contribution in [0.2, 0.25) is 0 Å². The number of carboxylic acid groups (broad SMARTS) is 1. The van der Waals surface area contributed by atoms with Gasteiger partial charge in [0.2, 0.25) is 0 Å². The second kappa shape index (κ2) is 7.51. The quantitative estimate of drug-likeness (QED) is 0.645. The van der Waals surface area contributed by atoms with Crippen molar-refractivity contribution in [2.75, 3.05) is 23.7 Å². The summed E-state index contributed by atoms with van der Waals surface area (Å²) in [5.74, 6) is -0.251. The molecule has 8 heteroatoms. The van der Waals surface area contributed by atoms with Gasteiger partial charge >= 0.3 is 6.09 Å². The third kappa shape index (κ3) is 3.57. The molecule has 0 aliphatic carbocycles. The molecule has 1 aromatic carbocycles. The van der Waals surface area contributed by atoms with Crippen LogP contribution in [0.3, 0.4) is 0 Å². The number of fused-ring (bicyclic) bond motifs is 1. The number of aromatic nitrogens is 2. The number of amides is 2. The molecule has 8 nitrogen and oxygen atoms in total. The molecule has 1 aliphatic heterocycles. The maximum atomic E-state index is 12.7. The first-order valence-corrected chi connectivity index (χ1v) is 8.95. The number of hydrogen-bond donors (Lipinski definition) is 3. The molecular formula is C20H19N5O3. The molecule has 1 aliphatic rings. The average molecular weight is 377 g/mol. The van der Waals surface area contributed by atoms with Crippen LogP contribution in [0, 0.1) is 0 Å². The molecule has 2 aromatic heterocycles. The highest BCUT2D eigenvalue weighted by Crippen LogP contribution is 2.27. The largest absolute Gasteiger partial charge is 0.465 e. The van der Waals surface area contributed by atoms with Crippen LogP contribution in [-0.2, 0) is 0 Å². The van der Waals surface area contributed by atoms with E-state index in [9.17, 15) is 9.59 Å². The zero-order valence-corrected chi connectivity index (χ0v) is 15.0. The van der Waals surface area contributed by atoms with Gasteiger partial charge in [-0.1, -0.05) is 0 Å². The van der Waals surface area contributed by atoms with E-state index in [-0.39, 0.29) is 11.9 Å². The first-order chi connectivity index (χ1) is 13.6. The van der Waals surface area contributed by atoms with Gasteiger partial charge in [0.1, 0.15) is 0 Å². The number of anilines is 2. The Morgan fingerprint density at radius 3 is 2.68 bits per heavy atom. The minimum absolute atomic E-state index is 0.0241. The molecule has 4 rings (SSSR count). The summed E-state index contributed by atoms with van der Waals surface area (Å²) in [6.07, 6.45) is 4.70. The van der Waals surface area contributed by atoms with Crippen LogP contribution in [0.25, 0.3) is 10.9 Å². The third-order valence-electron chi connectivity index (χ3n) is 4.77. The first kappa shape index (κ1) is 17.7. The molecule has 1 fully saturated rings. The van der Waals surface area contributed by atoms with Gasteiger partial charge in [-0.05, 0) is 42.8 Å². The van der Waals surface area contributed by atoms with E-state index in [1.54, 1.807) is 36.8 Å². The minimum atomic E-state index is -0.904. The summed E-state index contributed by atoms with van der Waals surface area (Å²) in [6, 6.07) is 10.8. The van der Waals surface area contributed by atoms with Gasteiger partial charge < -0.3 is 20.6 Å². The van der Waals surface area contributed by atoms with Crippen LogP contribution in [0.15, 0.2) is 55.0 Å². The lowest BCUT2D eigenvalue weighted by Gasteiger charge is -2.17. The van der Waals surface area contributed by atoms with E-state index < -0.39 is 6.09 Å². The smallest absolute Gasteiger partial charge is 0.407 e. The Hall–Kier alpha value is -3.68. The van der Waals surface area contributed by atoms with Crippen molar-refractivity contribution in [1.29, 1.82) is 0 Å². The number of pyridine rings is 2. The van der Waals surface area contributed by atoms with Crippen LogP contribution in [0.5, 0.6) is 0 Å². The molecule has 3 heterocycles. The molecule has 0 saturated carbocycles. The van der Waals surface area contributed by atoms with Crippen LogP contribution < -0.4 is 10.6 Å². The summed E-state index contributed by atoms with van der Waals surface area (Å²) < 4.78 is 0. The van der Waals surface area contributed by atoms with Gasteiger partial charge in [0, 0.05) is 54.5 Å². The molecule has 3 N–H and O–H groups in total. The van der Waals surface area contributed by atoms with E-state index in [1.165, 1.54) is 4.90 Å². The number of carbonyl (C=O) groups is 2. The lowest BCUT2D eigenvalue weighted by molar-refractivity contribution is 0.102. The summed E-state index contributed by atoms with van der Waals surface area (Å²) in [6.45, 7) is 0.941. The number of likely N-dealkylation sites (tertiary alicyclic amines) is 1. The van der Waals surface area contributed by atoms with Crippen molar-refractivity contribution in [3.63, 3.8) is 0 Å².